The van der Waals surface area contributed by atoms with E-state index in [0.717, 1.165) is 61.1 Å². The van der Waals surface area contributed by atoms with Gasteiger partial charge in [-0.05, 0) is 79.0 Å². The van der Waals surface area contributed by atoms with Crippen molar-refractivity contribution in [2.45, 2.75) is 87.3 Å². The summed E-state index contributed by atoms with van der Waals surface area (Å²) in [6, 6.07) is 28.9. The number of likely N-dealkylation sites (tertiary alicyclic amines) is 2. The number of amides is 2. The topological polar surface area (TPSA) is 226 Å². The average molecular weight is 1220 g/mol. The number of fused-ring (bicyclic) bond motifs is 2. The van der Waals surface area contributed by atoms with Crippen LogP contribution in [0.5, 0.6) is 5.75 Å². The van der Waals surface area contributed by atoms with Crippen molar-refractivity contribution in [2.75, 3.05) is 103 Å². The molecule has 2 amide bonds. The highest BCUT2D eigenvalue weighted by Crippen LogP contribution is 2.33. The SMILES string of the molecule is COc1cc(S(C)(=O)=O)ccc1NCC#Cc1cc2c(NC3CCN(CCOCCOCCOCC(=O)NCc4ccc(-c5c6ncn(CC7(O)CCN(C(=O)C[C@@H](C)c8ccccc8)CC7)c(=O)c6nn5C)cc4)CC3)cccc2n1CC(F)(F)F. The molecule has 1 atom stereocenters. The number of carbonyl (C=O) groups is 2. The molecule has 7 aromatic rings. The number of nitrogens with one attached hydrogen (secondary N) is 3. The number of sulfone groups is 1. The minimum atomic E-state index is -4.48. The Kier molecular flexibility index (Phi) is 21.1. The number of aliphatic hydroxyl groups is 1. The molecule has 4 aromatic carbocycles. The largest absolute Gasteiger partial charge is 0.495 e. The summed E-state index contributed by atoms with van der Waals surface area (Å²) in [6.45, 7) is 6.04. The van der Waals surface area contributed by atoms with Gasteiger partial charge in [-0.2, -0.15) is 18.3 Å². The normalized spacial score (nSPS) is 15.3. The van der Waals surface area contributed by atoms with Crippen molar-refractivity contribution in [1.82, 2.24) is 39.0 Å². The fourth-order valence-electron chi connectivity index (χ4n) is 11.0. The zero-order chi connectivity index (χ0) is 61.7. The van der Waals surface area contributed by atoms with Crippen LogP contribution in [-0.2, 0) is 60.3 Å². The van der Waals surface area contributed by atoms with Crippen LogP contribution >= 0.6 is 0 Å². The van der Waals surface area contributed by atoms with Crippen molar-refractivity contribution in [1.29, 1.82) is 0 Å². The first-order chi connectivity index (χ1) is 41.7. The van der Waals surface area contributed by atoms with Gasteiger partial charge >= 0.3 is 6.18 Å². The highest BCUT2D eigenvalue weighted by atomic mass is 32.2. The van der Waals surface area contributed by atoms with Gasteiger partial charge in [-0.15, -0.1) is 0 Å². The molecule has 4 N–H and O–H groups in total. The predicted octanol–water partition coefficient (Wildman–Crippen LogP) is 6.98. The number of piperidine rings is 2. The Bertz CT molecular complexity index is 3740. The van der Waals surface area contributed by atoms with Crippen LogP contribution in [0.3, 0.4) is 0 Å². The summed E-state index contributed by atoms with van der Waals surface area (Å²) in [5, 5.41) is 26.2. The van der Waals surface area contributed by atoms with Crippen LogP contribution in [0.1, 0.15) is 61.8 Å². The van der Waals surface area contributed by atoms with Gasteiger partial charge in [-0.3, -0.25) is 23.6 Å². The lowest BCUT2D eigenvalue weighted by molar-refractivity contribution is -0.140. The van der Waals surface area contributed by atoms with Crippen molar-refractivity contribution >= 4 is 55.0 Å². The van der Waals surface area contributed by atoms with Gasteiger partial charge in [-0.1, -0.05) is 73.5 Å². The molecule has 0 unspecified atom stereocenters. The maximum atomic E-state index is 13.9. The lowest BCUT2D eigenvalue weighted by Crippen LogP contribution is -2.49. The Morgan fingerprint density at radius 1 is 0.874 bits per heavy atom. The number of hydrogen-bond acceptors (Lipinski definition) is 15. The molecule has 0 saturated carbocycles. The first-order valence-corrected chi connectivity index (χ1v) is 31.0. The number of hydrogen-bond donors (Lipinski definition) is 4. The van der Waals surface area contributed by atoms with Crippen molar-refractivity contribution < 1.29 is 55.2 Å². The molecule has 20 nitrogen and oxygen atoms in total. The van der Waals surface area contributed by atoms with Gasteiger partial charge in [-0.25, -0.2) is 13.4 Å². The fourth-order valence-corrected chi connectivity index (χ4v) is 11.6. The van der Waals surface area contributed by atoms with Crippen molar-refractivity contribution in [2.24, 2.45) is 7.05 Å². The monoisotopic (exact) mass is 1220 g/mol. The highest BCUT2D eigenvalue weighted by molar-refractivity contribution is 7.90. The second-order valence-electron chi connectivity index (χ2n) is 22.2. The third kappa shape index (κ3) is 17.1. The summed E-state index contributed by atoms with van der Waals surface area (Å²) in [5.41, 5.74) is 4.31. The van der Waals surface area contributed by atoms with Crippen LogP contribution in [0.25, 0.3) is 33.2 Å². The summed E-state index contributed by atoms with van der Waals surface area (Å²) in [4.78, 5) is 48.3. The minimum absolute atomic E-state index is 0.0346. The van der Waals surface area contributed by atoms with E-state index in [0.29, 0.717) is 92.3 Å². The van der Waals surface area contributed by atoms with Crippen LogP contribution < -0.4 is 26.2 Å². The molecule has 9 rings (SSSR count). The Balaban J connectivity index is 0.633. The number of benzene rings is 4. The minimum Gasteiger partial charge on any atom is -0.495 e. The van der Waals surface area contributed by atoms with Crippen molar-refractivity contribution in [3.8, 4) is 28.8 Å². The molecule has 0 spiro atoms. The number of rotatable bonds is 26. The van der Waals surface area contributed by atoms with Crippen molar-refractivity contribution in [3.05, 3.63) is 131 Å². The molecular formula is C63H75F3N10O10S. The molecule has 2 aliphatic rings. The summed E-state index contributed by atoms with van der Waals surface area (Å²) in [7, 11) is -0.301. The molecule has 2 aliphatic heterocycles. The standard InChI is InChI=1S/C63H75F3N10O10S/c1-44(46-10-6-5-7-11-46)36-57(78)74-28-23-62(80,24-29-74)41-75-43-69-58-59(61(75)79)71-72(2)60(58)47-17-15-45(16-18-47)39-68-56(77)40-86-35-34-85-33-32-84-31-30-73-26-21-48(22-27-73)70-52-13-8-14-54-51(52)37-49(76(54)42-63(64,65)66)12-9-25-67-53-20-19-50(87(4,81)82)38-55(53)83-3/h5-8,10-11,13-20,37-38,43-44,48,67,70,80H,21-36,39-42H2,1-4H3,(H,68,77)/t44-/m1/s1. The zero-order valence-electron chi connectivity index (χ0n) is 49.4. The number of carbonyl (C=O) groups excluding carboxylic acids is 2. The molecular weight excluding hydrogens is 1150 g/mol. The number of alkyl halides is 3. The Hall–Kier alpha value is -7.79. The van der Waals surface area contributed by atoms with Gasteiger partial charge in [0.2, 0.25) is 11.8 Å². The van der Waals surface area contributed by atoms with E-state index in [1.807, 2.05) is 67.6 Å². The van der Waals surface area contributed by atoms with Crippen LogP contribution in [0.2, 0.25) is 0 Å². The number of halogens is 3. The Morgan fingerprint density at radius 2 is 1.59 bits per heavy atom. The van der Waals surface area contributed by atoms with E-state index in [9.17, 15) is 41.1 Å². The molecule has 0 radical (unpaired) electrons. The van der Waals surface area contributed by atoms with E-state index in [2.05, 4.69) is 42.8 Å². The molecule has 464 valence electrons. The third-order valence-corrected chi connectivity index (χ3v) is 16.9. The smallest absolute Gasteiger partial charge is 0.406 e. The molecule has 5 heterocycles. The van der Waals surface area contributed by atoms with E-state index < -0.39 is 28.2 Å². The zero-order valence-corrected chi connectivity index (χ0v) is 50.2. The van der Waals surface area contributed by atoms with Gasteiger partial charge < -0.3 is 54.4 Å². The van der Waals surface area contributed by atoms with E-state index >= 15 is 0 Å². The van der Waals surface area contributed by atoms with Gasteiger partial charge in [0.25, 0.3) is 5.56 Å². The first kappa shape index (κ1) is 63.7. The fraction of sp³-hybridized carbons (Fsp3) is 0.444. The number of aromatic nitrogens is 5. The number of nitrogens with zero attached hydrogens (tertiary/aromatic N) is 7. The van der Waals surface area contributed by atoms with Gasteiger partial charge in [0.05, 0.1) is 92.6 Å². The number of anilines is 2. The number of methoxy groups -OCH3 is 1. The molecule has 3 aromatic heterocycles. The molecule has 0 bridgehead atoms. The van der Waals surface area contributed by atoms with Gasteiger partial charge in [0.1, 0.15) is 24.4 Å². The second kappa shape index (κ2) is 28.8. The summed E-state index contributed by atoms with van der Waals surface area (Å²) in [5.74, 6) is 5.96. The van der Waals surface area contributed by atoms with E-state index in [1.54, 1.807) is 40.9 Å². The Morgan fingerprint density at radius 3 is 2.29 bits per heavy atom. The lowest BCUT2D eigenvalue weighted by Gasteiger charge is -2.38. The summed E-state index contributed by atoms with van der Waals surface area (Å²) in [6.07, 6.45) is 0.771. The summed E-state index contributed by atoms with van der Waals surface area (Å²) >= 11 is 0. The third-order valence-electron chi connectivity index (χ3n) is 15.8. The quantitative estimate of drug-likeness (QED) is 0.0317. The van der Waals surface area contributed by atoms with Gasteiger partial charge in [0.15, 0.2) is 15.4 Å². The van der Waals surface area contributed by atoms with E-state index in [1.165, 1.54) is 34.7 Å². The van der Waals surface area contributed by atoms with Gasteiger partial charge in [0, 0.05) is 87.7 Å². The number of ether oxygens (including phenoxy) is 4. The van der Waals surface area contributed by atoms with Crippen molar-refractivity contribution in [3.63, 3.8) is 0 Å². The van der Waals surface area contributed by atoms with Crippen LogP contribution in [0.4, 0.5) is 24.5 Å². The van der Waals surface area contributed by atoms with E-state index in [4.69, 9.17) is 18.9 Å². The molecule has 24 heteroatoms. The summed E-state index contributed by atoms with van der Waals surface area (Å²) < 4.78 is 92.1. The molecule has 87 heavy (non-hydrogen) atoms. The maximum Gasteiger partial charge on any atom is 0.406 e. The average Bonchev–Trinajstić information content (AvgIpc) is 1.80. The Labute approximate surface area is 503 Å². The predicted molar refractivity (Wildman–Crippen MR) is 325 cm³/mol. The molecule has 0 aliphatic carbocycles. The first-order valence-electron chi connectivity index (χ1n) is 29.1. The van der Waals surface area contributed by atoms with E-state index in [-0.39, 0.29) is 78.3 Å². The number of aryl methyl sites for hydroxylation is 1. The van der Waals surface area contributed by atoms with Crippen LogP contribution in [-0.4, -0.2) is 169 Å². The van der Waals surface area contributed by atoms with Crippen LogP contribution in [0, 0.1) is 11.8 Å². The maximum absolute atomic E-state index is 13.9. The highest BCUT2D eigenvalue weighted by Gasteiger charge is 2.36. The molecule has 2 fully saturated rings. The molecule has 2 saturated heterocycles. The van der Waals surface area contributed by atoms with Crippen LogP contribution in [0.15, 0.2) is 113 Å². The second-order valence-corrected chi connectivity index (χ2v) is 24.3. The lowest BCUT2D eigenvalue weighted by atomic mass is 9.90.